The molecule has 0 saturated heterocycles. The Morgan fingerprint density at radius 1 is 0.246 bits per heavy atom. The summed E-state index contributed by atoms with van der Waals surface area (Å²) < 4.78 is 7.12. The van der Waals surface area contributed by atoms with E-state index in [0.717, 1.165) is 61.2 Å². The van der Waals surface area contributed by atoms with Gasteiger partial charge in [-0.3, -0.25) is 0 Å². The SMILES string of the molecule is c1ccc(-c2nc(-c3ccc4c(c3)c3ccccc3n4-c3ccccc3)nc(-c3ccccc3-n3c4ccccc4c4c(-c5cccc6c5c5ccccc5n6-c5ccccc5)cccc43)n2)cc1. The summed E-state index contributed by atoms with van der Waals surface area (Å²) in [6.07, 6.45) is 0. The summed E-state index contributed by atoms with van der Waals surface area (Å²) in [6.45, 7) is 0. The maximum Gasteiger partial charge on any atom is 0.166 e. The van der Waals surface area contributed by atoms with Crippen molar-refractivity contribution in [1.82, 2.24) is 28.7 Å². The van der Waals surface area contributed by atoms with Crippen LogP contribution in [0.3, 0.4) is 0 Å². The summed E-state index contributed by atoms with van der Waals surface area (Å²) in [6, 6.07) is 86.2. The van der Waals surface area contributed by atoms with Gasteiger partial charge in [0.05, 0.1) is 38.8 Å². The van der Waals surface area contributed by atoms with E-state index in [2.05, 4.69) is 238 Å². The molecule has 0 bridgehead atoms. The predicted molar refractivity (Wildman–Crippen MR) is 285 cm³/mol. The van der Waals surface area contributed by atoms with Crippen LogP contribution in [0.5, 0.6) is 0 Å². The fraction of sp³-hybridized carbons (Fsp3) is 0. The first kappa shape index (κ1) is 38.8. The van der Waals surface area contributed by atoms with Gasteiger partial charge >= 0.3 is 0 Å². The minimum Gasteiger partial charge on any atom is -0.309 e. The van der Waals surface area contributed by atoms with Crippen molar-refractivity contribution in [2.45, 2.75) is 0 Å². The molecule has 10 aromatic carbocycles. The molecule has 6 nitrogen and oxygen atoms in total. The molecule has 6 heteroatoms. The second-order valence-electron chi connectivity index (χ2n) is 17.5. The third kappa shape index (κ3) is 6.09. The Morgan fingerprint density at radius 3 is 1.30 bits per heavy atom. The standard InChI is InChI=1S/C63H40N6/c1-4-20-41(21-5-1)61-64-62(42-38-39-56-51(40-42)45-26-10-14-32-52(45)67(56)43-22-6-2-7-23-43)66-63(65-61)50-29-13-17-35-55(50)69-54-34-16-12-28-49(54)60-47(31-19-37-58(60)69)46-30-18-36-57-59(46)48-27-11-15-33-53(48)68(57)44-24-8-3-9-25-44/h1-40H. The molecule has 14 rings (SSSR count). The second kappa shape index (κ2) is 15.6. The van der Waals surface area contributed by atoms with E-state index in [9.17, 15) is 0 Å². The minimum atomic E-state index is 0.599. The second-order valence-corrected chi connectivity index (χ2v) is 17.5. The largest absolute Gasteiger partial charge is 0.309 e. The highest BCUT2D eigenvalue weighted by Gasteiger charge is 2.23. The maximum absolute atomic E-state index is 5.39. The van der Waals surface area contributed by atoms with E-state index < -0.39 is 0 Å². The van der Waals surface area contributed by atoms with E-state index >= 15 is 0 Å². The Labute approximate surface area is 397 Å². The first-order valence-electron chi connectivity index (χ1n) is 23.4. The number of benzene rings is 10. The number of hydrogen-bond donors (Lipinski definition) is 0. The van der Waals surface area contributed by atoms with Crippen LogP contribution in [-0.4, -0.2) is 28.7 Å². The summed E-state index contributed by atoms with van der Waals surface area (Å²) in [5, 5.41) is 7.12. The fourth-order valence-corrected chi connectivity index (χ4v) is 10.8. The van der Waals surface area contributed by atoms with Gasteiger partial charge in [0.1, 0.15) is 0 Å². The number of rotatable bonds is 7. The predicted octanol–water partition coefficient (Wildman–Crippen LogP) is 15.8. The number of fused-ring (bicyclic) bond motifs is 9. The van der Waals surface area contributed by atoms with Crippen LogP contribution in [0.1, 0.15) is 0 Å². The Morgan fingerprint density at radius 2 is 0.667 bits per heavy atom. The normalized spacial score (nSPS) is 11.8. The Hall–Kier alpha value is -9.39. The third-order valence-electron chi connectivity index (χ3n) is 13.7. The number of hydrogen-bond acceptors (Lipinski definition) is 3. The van der Waals surface area contributed by atoms with Crippen LogP contribution >= 0.6 is 0 Å². The van der Waals surface area contributed by atoms with E-state index in [1.165, 1.54) is 49.1 Å². The lowest BCUT2D eigenvalue weighted by Crippen LogP contribution is -2.03. The monoisotopic (exact) mass is 880 g/mol. The molecular formula is C63H40N6. The third-order valence-corrected chi connectivity index (χ3v) is 13.7. The van der Waals surface area contributed by atoms with Crippen molar-refractivity contribution in [1.29, 1.82) is 0 Å². The van der Waals surface area contributed by atoms with Crippen LogP contribution in [-0.2, 0) is 0 Å². The molecule has 0 amide bonds. The van der Waals surface area contributed by atoms with E-state index in [0.29, 0.717) is 17.5 Å². The van der Waals surface area contributed by atoms with Crippen molar-refractivity contribution in [2.24, 2.45) is 0 Å². The quantitative estimate of drug-likeness (QED) is 0.160. The van der Waals surface area contributed by atoms with E-state index in [-0.39, 0.29) is 0 Å². The maximum atomic E-state index is 5.39. The van der Waals surface area contributed by atoms with Gasteiger partial charge in [-0.15, -0.1) is 0 Å². The lowest BCUT2D eigenvalue weighted by molar-refractivity contribution is 1.06. The van der Waals surface area contributed by atoms with Gasteiger partial charge in [0.25, 0.3) is 0 Å². The molecule has 4 heterocycles. The minimum absolute atomic E-state index is 0.599. The highest BCUT2D eigenvalue weighted by molar-refractivity contribution is 6.22. The topological polar surface area (TPSA) is 53.5 Å². The molecule has 0 saturated carbocycles. The van der Waals surface area contributed by atoms with Gasteiger partial charge in [0, 0.05) is 60.4 Å². The molecule has 0 atom stereocenters. The van der Waals surface area contributed by atoms with Crippen LogP contribution in [0, 0.1) is 0 Å². The van der Waals surface area contributed by atoms with Gasteiger partial charge in [-0.2, -0.15) is 0 Å². The van der Waals surface area contributed by atoms with Crippen LogP contribution in [0.2, 0.25) is 0 Å². The summed E-state index contributed by atoms with van der Waals surface area (Å²) in [5.74, 6) is 1.82. The van der Waals surface area contributed by atoms with Crippen LogP contribution in [0.15, 0.2) is 243 Å². The molecule has 0 radical (unpaired) electrons. The molecule has 0 fully saturated rings. The van der Waals surface area contributed by atoms with E-state index in [1.54, 1.807) is 0 Å². The molecule has 0 N–H and O–H groups in total. The summed E-state index contributed by atoms with van der Waals surface area (Å²) in [5.41, 5.74) is 15.2. The van der Waals surface area contributed by atoms with E-state index in [4.69, 9.17) is 15.0 Å². The zero-order valence-electron chi connectivity index (χ0n) is 37.3. The molecule has 0 aliphatic carbocycles. The van der Waals surface area contributed by atoms with Crippen molar-refractivity contribution in [3.63, 3.8) is 0 Å². The van der Waals surface area contributed by atoms with Gasteiger partial charge < -0.3 is 13.7 Å². The average Bonchev–Trinajstić information content (AvgIpc) is 4.07. The van der Waals surface area contributed by atoms with Crippen LogP contribution in [0.25, 0.3) is 128 Å². The summed E-state index contributed by atoms with van der Waals surface area (Å²) in [7, 11) is 0. The number of aromatic nitrogens is 6. The molecule has 0 aliphatic heterocycles. The summed E-state index contributed by atoms with van der Waals surface area (Å²) >= 11 is 0. The van der Waals surface area contributed by atoms with Gasteiger partial charge in [-0.1, -0.05) is 158 Å². The Kier molecular flexibility index (Phi) is 8.79. The Balaban J connectivity index is 0.986. The van der Waals surface area contributed by atoms with Crippen molar-refractivity contribution < 1.29 is 0 Å². The van der Waals surface area contributed by atoms with Crippen LogP contribution in [0.4, 0.5) is 0 Å². The zero-order chi connectivity index (χ0) is 45.4. The van der Waals surface area contributed by atoms with E-state index in [1.807, 2.05) is 18.2 Å². The fourth-order valence-electron chi connectivity index (χ4n) is 10.8. The highest BCUT2D eigenvalue weighted by atomic mass is 15.1. The first-order chi connectivity index (χ1) is 34.3. The smallest absolute Gasteiger partial charge is 0.166 e. The highest BCUT2D eigenvalue weighted by Crippen LogP contribution is 2.45. The van der Waals surface area contributed by atoms with Crippen molar-refractivity contribution >= 4 is 65.4 Å². The molecule has 4 aromatic heterocycles. The van der Waals surface area contributed by atoms with Gasteiger partial charge in [0.2, 0.25) is 0 Å². The lowest BCUT2D eigenvalue weighted by Gasteiger charge is -2.15. The lowest BCUT2D eigenvalue weighted by atomic mass is 9.95. The first-order valence-corrected chi connectivity index (χ1v) is 23.4. The molecule has 0 spiro atoms. The Bertz CT molecular complexity index is 4300. The average molecular weight is 881 g/mol. The van der Waals surface area contributed by atoms with Gasteiger partial charge in [-0.05, 0) is 96.1 Å². The molecule has 69 heavy (non-hydrogen) atoms. The molecular weight excluding hydrogens is 841 g/mol. The van der Waals surface area contributed by atoms with Crippen molar-refractivity contribution in [3.05, 3.63) is 243 Å². The van der Waals surface area contributed by atoms with Gasteiger partial charge in [-0.25, -0.2) is 15.0 Å². The molecule has 0 unspecified atom stereocenters. The van der Waals surface area contributed by atoms with Crippen molar-refractivity contribution in [3.8, 4) is 62.4 Å². The van der Waals surface area contributed by atoms with Crippen LogP contribution < -0.4 is 0 Å². The zero-order valence-corrected chi connectivity index (χ0v) is 37.3. The van der Waals surface area contributed by atoms with Gasteiger partial charge in [0.15, 0.2) is 17.5 Å². The molecule has 14 aromatic rings. The molecule has 0 aliphatic rings. The number of nitrogens with zero attached hydrogens (tertiary/aromatic N) is 6. The van der Waals surface area contributed by atoms with Crippen molar-refractivity contribution in [2.75, 3.05) is 0 Å². The summed E-state index contributed by atoms with van der Waals surface area (Å²) in [4.78, 5) is 15.9. The molecule has 322 valence electrons. The number of para-hydroxylation sites is 6.